The summed E-state index contributed by atoms with van der Waals surface area (Å²) in [5.41, 5.74) is 9.47. The van der Waals surface area contributed by atoms with Gasteiger partial charge in [0.2, 0.25) is 0 Å². The lowest BCUT2D eigenvalue weighted by atomic mass is 9.71. The Bertz CT molecular complexity index is 1870. The molecule has 6 heteroatoms. The van der Waals surface area contributed by atoms with E-state index in [-0.39, 0.29) is 17.7 Å². The molecule has 6 aromatic rings. The summed E-state index contributed by atoms with van der Waals surface area (Å²) in [6.45, 7) is 8.11. The zero-order valence-corrected chi connectivity index (χ0v) is 28.6. The minimum Gasteiger partial charge on any atom is -0.322 e. The van der Waals surface area contributed by atoms with Gasteiger partial charge in [0.25, 0.3) is 17.7 Å². The van der Waals surface area contributed by atoms with Crippen LogP contribution in [0.25, 0.3) is 0 Å². The summed E-state index contributed by atoms with van der Waals surface area (Å²) in [7, 11) is 0. The normalized spacial score (nSPS) is 11.0. The largest absolute Gasteiger partial charge is 0.322 e. The van der Waals surface area contributed by atoms with Crippen LogP contribution >= 0.6 is 0 Å². The monoisotopic (exact) mass is 657 g/mol. The van der Waals surface area contributed by atoms with Crippen LogP contribution in [0, 0.1) is 20.8 Å². The van der Waals surface area contributed by atoms with E-state index in [1.807, 2.05) is 166 Å². The van der Waals surface area contributed by atoms with Crippen LogP contribution in [0.15, 0.2) is 146 Å². The van der Waals surface area contributed by atoms with Crippen molar-refractivity contribution in [2.24, 2.45) is 0 Å². The number of aryl methyl sites for hydroxylation is 3. The lowest BCUT2D eigenvalue weighted by Gasteiger charge is -2.32. The third kappa shape index (κ3) is 7.55. The fourth-order valence-electron chi connectivity index (χ4n) is 5.89. The first kappa shape index (κ1) is 33.6. The lowest BCUT2D eigenvalue weighted by molar-refractivity contribution is 0.101. The molecule has 0 saturated heterocycles. The van der Waals surface area contributed by atoms with Crippen molar-refractivity contribution in [1.82, 2.24) is 0 Å². The summed E-state index contributed by atoms with van der Waals surface area (Å²) in [4.78, 5) is 38.7. The third-order valence-corrected chi connectivity index (χ3v) is 9.10. The van der Waals surface area contributed by atoms with Gasteiger partial charge in [0.15, 0.2) is 0 Å². The summed E-state index contributed by atoms with van der Waals surface area (Å²) >= 11 is 0. The van der Waals surface area contributed by atoms with Crippen LogP contribution in [0.5, 0.6) is 0 Å². The van der Waals surface area contributed by atoms with Gasteiger partial charge in [-0.2, -0.15) is 0 Å². The fourth-order valence-corrected chi connectivity index (χ4v) is 5.89. The number of anilines is 3. The van der Waals surface area contributed by atoms with Crippen LogP contribution in [-0.2, 0) is 5.41 Å². The van der Waals surface area contributed by atoms with Crippen molar-refractivity contribution in [3.8, 4) is 0 Å². The maximum absolute atomic E-state index is 12.9. The molecule has 0 aliphatic rings. The van der Waals surface area contributed by atoms with Gasteiger partial charge in [0.05, 0.1) is 0 Å². The molecule has 6 rings (SSSR count). The molecule has 50 heavy (non-hydrogen) atoms. The second kappa shape index (κ2) is 14.5. The summed E-state index contributed by atoms with van der Waals surface area (Å²) in [6, 6.07) is 46.0. The number of carbonyl (C=O) groups is 3. The minimum absolute atomic E-state index is 0.174. The van der Waals surface area contributed by atoms with Gasteiger partial charge >= 0.3 is 0 Å². The molecule has 0 saturated carbocycles. The molecule has 0 heterocycles. The Morgan fingerprint density at radius 3 is 0.800 bits per heavy atom. The fraction of sp³-hybridized carbons (Fsp3) is 0.114. The van der Waals surface area contributed by atoms with E-state index in [1.54, 1.807) is 0 Å². The number of hydrogen-bond donors (Lipinski definition) is 3. The van der Waals surface area contributed by atoms with Crippen molar-refractivity contribution >= 4 is 34.8 Å². The summed E-state index contributed by atoms with van der Waals surface area (Å²) in [5, 5.41) is 9.00. The van der Waals surface area contributed by atoms with E-state index in [9.17, 15) is 14.4 Å². The predicted octanol–water partition coefficient (Wildman–Crippen LogP) is 9.72. The Balaban J connectivity index is 1.28. The van der Waals surface area contributed by atoms with Crippen LogP contribution in [0.3, 0.4) is 0 Å². The highest BCUT2D eigenvalue weighted by Crippen LogP contribution is 2.40. The molecule has 0 fully saturated rings. The van der Waals surface area contributed by atoms with Crippen molar-refractivity contribution in [2.75, 3.05) is 16.0 Å². The van der Waals surface area contributed by atoms with Gasteiger partial charge in [-0.3, -0.25) is 14.4 Å². The van der Waals surface area contributed by atoms with Crippen LogP contribution < -0.4 is 16.0 Å². The Hall–Kier alpha value is -6.27. The van der Waals surface area contributed by atoms with Crippen molar-refractivity contribution in [1.29, 1.82) is 0 Å². The summed E-state index contributed by atoms with van der Waals surface area (Å²) in [6.07, 6.45) is 0. The molecule has 0 unspecified atom stereocenters. The molecule has 0 radical (unpaired) electrons. The van der Waals surface area contributed by atoms with E-state index in [0.29, 0.717) is 33.8 Å². The van der Waals surface area contributed by atoms with Crippen molar-refractivity contribution in [2.45, 2.75) is 33.1 Å². The second-order valence-corrected chi connectivity index (χ2v) is 12.8. The molecule has 6 aromatic carbocycles. The van der Waals surface area contributed by atoms with Crippen molar-refractivity contribution in [3.05, 3.63) is 196 Å². The highest BCUT2D eigenvalue weighted by atomic mass is 16.2. The maximum Gasteiger partial charge on any atom is 0.255 e. The predicted molar refractivity (Wildman–Crippen MR) is 202 cm³/mol. The average molecular weight is 658 g/mol. The topological polar surface area (TPSA) is 87.3 Å². The third-order valence-electron chi connectivity index (χ3n) is 9.10. The van der Waals surface area contributed by atoms with Gasteiger partial charge in [-0.1, -0.05) is 89.5 Å². The number of rotatable bonds is 9. The van der Waals surface area contributed by atoms with Crippen molar-refractivity contribution < 1.29 is 14.4 Å². The Labute approximate surface area is 293 Å². The lowest BCUT2D eigenvalue weighted by Crippen LogP contribution is -2.25. The molecule has 0 bridgehead atoms. The quantitative estimate of drug-likeness (QED) is 0.135. The molecule has 3 N–H and O–H groups in total. The van der Waals surface area contributed by atoms with E-state index in [0.717, 1.165) is 33.4 Å². The van der Waals surface area contributed by atoms with E-state index in [1.165, 1.54) is 0 Å². The van der Waals surface area contributed by atoms with Gasteiger partial charge in [0, 0.05) is 39.2 Å². The van der Waals surface area contributed by atoms with Crippen LogP contribution in [0.4, 0.5) is 17.1 Å². The molecule has 248 valence electrons. The van der Waals surface area contributed by atoms with E-state index >= 15 is 0 Å². The molecular weight excluding hydrogens is 619 g/mol. The zero-order valence-electron chi connectivity index (χ0n) is 28.6. The van der Waals surface area contributed by atoms with Crippen molar-refractivity contribution in [3.63, 3.8) is 0 Å². The number of hydrogen-bond acceptors (Lipinski definition) is 3. The van der Waals surface area contributed by atoms with Crippen LogP contribution in [0.2, 0.25) is 0 Å². The SMILES string of the molecule is Cc1ccc(C(=O)Nc2ccc(C(C)(c3ccc(NC(=O)c4ccc(C)cc4)cc3)c3ccc(NC(=O)c4ccc(C)cc4)cc3)cc2)cc1. The van der Waals surface area contributed by atoms with Crippen LogP contribution in [0.1, 0.15) is 71.4 Å². The molecule has 0 aromatic heterocycles. The highest BCUT2D eigenvalue weighted by molar-refractivity contribution is 6.05. The molecule has 0 spiro atoms. The first-order valence-corrected chi connectivity index (χ1v) is 16.5. The first-order chi connectivity index (χ1) is 24.1. The Kier molecular flexibility index (Phi) is 9.73. The Morgan fingerprint density at radius 1 is 0.360 bits per heavy atom. The average Bonchev–Trinajstić information content (AvgIpc) is 3.13. The Morgan fingerprint density at radius 2 is 0.580 bits per heavy atom. The zero-order chi connectivity index (χ0) is 35.3. The van der Waals surface area contributed by atoms with Gasteiger partial charge in [-0.05, 0) is 117 Å². The molecule has 0 aliphatic heterocycles. The van der Waals surface area contributed by atoms with E-state index < -0.39 is 5.41 Å². The molecular formula is C44H39N3O3. The summed E-state index contributed by atoms with van der Waals surface area (Å²) < 4.78 is 0. The number of carbonyl (C=O) groups excluding carboxylic acids is 3. The van der Waals surface area contributed by atoms with Gasteiger partial charge in [-0.15, -0.1) is 0 Å². The summed E-state index contributed by atoms with van der Waals surface area (Å²) in [5.74, 6) is -0.522. The number of nitrogens with one attached hydrogen (secondary N) is 3. The second-order valence-electron chi connectivity index (χ2n) is 12.8. The van der Waals surface area contributed by atoms with Gasteiger partial charge < -0.3 is 16.0 Å². The number of amides is 3. The highest BCUT2D eigenvalue weighted by Gasteiger charge is 2.31. The maximum atomic E-state index is 12.9. The molecule has 6 nitrogen and oxygen atoms in total. The molecule has 0 atom stereocenters. The molecule has 0 aliphatic carbocycles. The van der Waals surface area contributed by atoms with Gasteiger partial charge in [0.1, 0.15) is 0 Å². The minimum atomic E-state index is -0.627. The van der Waals surface area contributed by atoms with Crippen LogP contribution in [-0.4, -0.2) is 17.7 Å². The van der Waals surface area contributed by atoms with E-state index in [2.05, 4.69) is 22.9 Å². The number of benzene rings is 6. The first-order valence-electron chi connectivity index (χ1n) is 16.5. The van der Waals surface area contributed by atoms with E-state index in [4.69, 9.17) is 0 Å². The van der Waals surface area contributed by atoms with Gasteiger partial charge in [-0.25, -0.2) is 0 Å². The standard InChI is InChI=1S/C44H39N3O3/c1-29-5-11-32(12-6-29)41(48)45-38-23-17-35(18-24-38)44(4,36-19-25-39(26-20-36)46-42(49)33-13-7-30(2)8-14-33)37-21-27-40(28-22-37)47-43(50)34-15-9-31(3)10-16-34/h5-28H,1-4H3,(H,45,48)(H,46,49)(H,47,50). The smallest absolute Gasteiger partial charge is 0.255 e. The molecule has 3 amide bonds.